The molecule has 30 nitrogen and oxygen atoms in total. The van der Waals surface area contributed by atoms with Gasteiger partial charge >= 0.3 is 7.82 Å². The number of phosphoric ester groups is 1. The first-order valence-electron chi connectivity index (χ1n) is 31.5. The number of nitrogens with one attached hydrogen (secondary N) is 7. The van der Waals surface area contributed by atoms with Gasteiger partial charge in [-0.15, -0.1) is 0 Å². The highest BCUT2D eigenvalue weighted by Crippen LogP contribution is 2.42. The molecule has 0 aromatic heterocycles. The highest BCUT2D eigenvalue weighted by Gasteiger charge is 2.38. The number of hydrogen-bond acceptors (Lipinski definition) is 22. The molecule has 32 heteroatoms. The first-order chi connectivity index (χ1) is 42.6. The van der Waals surface area contributed by atoms with E-state index in [-0.39, 0.29) is 107 Å². The lowest BCUT2D eigenvalue weighted by molar-refractivity contribution is -0.257. The van der Waals surface area contributed by atoms with Crippen molar-refractivity contribution in [3.05, 3.63) is 0 Å². The molecule has 516 valence electrons. The molecule has 2 rings (SSSR count). The van der Waals surface area contributed by atoms with Gasteiger partial charge in [0.1, 0.15) is 42.5 Å². The molecule has 0 aromatic rings. The van der Waals surface area contributed by atoms with E-state index in [0.717, 1.165) is 18.9 Å². The third kappa shape index (κ3) is 37.8. The monoisotopic (exact) mass is 1320 g/mol. The van der Waals surface area contributed by atoms with Crippen molar-refractivity contribution in [3.8, 4) is 0 Å². The maximum Gasteiger partial charge on any atom is 0.471 e. The summed E-state index contributed by atoms with van der Waals surface area (Å²) in [6, 6.07) is -3.45. The maximum atomic E-state index is 14.2. The number of phosphoric acid groups is 1. The van der Waals surface area contributed by atoms with Crippen LogP contribution in [-0.4, -0.2) is 222 Å². The number of carbonyl (C=O) groups excluding carboxylic acids is 8. The van der Waals surface area contributed by atoms with Gasteiger partial charge in [-0.2, -0.15) is 0 Å². The molecule has 8 amide bonds. The van der Waals surface area contributed by atoms with Crippen molar-refractivity contribution in [2.45, 2.75) is 241 Å². The van der Waals surface area contributed by atoms with Crippen molar-refractivity contribution in [2.24, 2.45) is 5.73 Å². The van der Waals surface area contributed by atoms with E-state index in [1.165, 1.54) is 0 Å². The quantitative estimate of drug-likeness (QED) is 0.0292. The number of primary amides is 1. The number of ether oxygens (including phenoxy) is 4. The largest absolute Gasteiger partial charge is 0.471 e. The fourth-order valence-corrected chi connectivity index (χ4v) is 10.6. The molecule has 2 saturated heterocycles. The Kier molecular flexibility index (Phi) is 44.1. The summed E-state index contributed by atoms with van der Waals surface area (Å²) in [5, 5.41) is 78.0. The van der Waals surface area contributed by atoms with Crippen molar-refractivity contribution in [3.63, 3.8) is 0 Å². The Hall–Kier alpha value is -4.18. The van der Waals surface area contributed by atoms with Gasteiger partial charge in [0.2, 0.25) is 41.4 Å². The molecule has 0 aromatic carbocycles. The molecular formula is C57H105N8O22PS. The van der Waals surface area contributed by atoms with Gasteiger partial charge < -0.3 is 97.4 Å². The molecule has 16 N–H and O–H groups in total. The van der Waals surface area contributed by atoms with Crippen molar-refractivity contribution in [1.82, 2.24) is 37.2 Å². The van der Waals surface area contributed by atoms with E-state index < -0.39 is 112 Å². The van der Waals surface area contributed by atoms with E-state index in [9.17, 15) is 78.5 Å². The lowest BCUT2D eigenvalue weighted by Gasteiger charge is -2.36. The van der Waals surface area contributed by atoms with Crippen LogP contribution in [0.2, 0.25) is 0 Å². The second-order valence-electron chi connectivity index (χ2n) is 22.2. The Morgan fingerprint density at radius 2 is 0.955 bits per heavy atom. The predicted molar refractivity (Wildman–Crippen MR) is 326 cm³/mol. The zero-order chi connectivity index (χ0) is 65.8. The standard InChI is InChI=1S/C57H105N8O22PS/c1-3-20-46(70)59-27-15-9-23-41(56(78)64-39(54(58)76)21-7-13-28-60-47(71)24-10-17-31-83-50-35-42(68)52(74)44(37-66)86-50)65-55(77)40(22-8-14-29-61-48(72)25-11-18-32-84-51-36-43(69)53(75)45(38-67)87-51)63-49(73)26-6-4-12-30-62-57(79)89-34-19-5-16-33-85-88(80,81)82-2/h39-45,50-53,66-69,74-75H,3-38H2,1-2H3,(H2,58,76)(H,59,70)(H,60,71)(H,61,72)(H,62,79)(H,63,73)(H,64,78)(H,65,77)(H,80,81)/t39-,40-,41-,42+,43+,44+,45+,50+,51+,52+,53+/m0/s1. The van der Waals surface area contributed by atoms with E-state index in [0.29, 0.717) is 134 Å². The van der Waals surface area contributed by atoms with E-state index in [1.54, 1.807) is 0 Å². The van der Waals surface area contributed by atoms with E-state index in [2.05, 4.69) is 41.7 Å². The van der Waals surface area contributed by atoms with Crippen LogP contribution in [0, 0.1) is 0 Å². The smallest absolute Gasteiger partial charge is 0.394 e. The van der Waals surface area contributed by atoms with Gasteiger partial charge in [-0.25, -0.2) is 4.57 Å². The van der Waals surface area contributed by atoms with Crippen LogP contribution in [-0.2, 0) is 66.1 Å². The summed E-state index contributed by atoms with van der Waals surface area (Å²) in [6.45, 7) is 2.64. The van der Waals surface area contributed by atoms with E-state index >= 15 is 0 Å². The molecule has 0 bridgehead atoms. The fraction of sp³-hybridized carbons (Fsp3) is 0.860. The number of carbonyl (C=O) groups is 8. The molecule has 0 aliphatic carbocycles. The average molecular weight is 1320 g/mol. The molecule has 12 atom stereocenters. The number of aliphatic hydroxyl groups is 6. The number of hydrogen-bond donors (Lipinski definition) is 15. The van der Waals surface area contributed by atoms with Crippen molar-refractivity contribution < 1.29 is 106 Å². The molecule has 2 heterocycles. The van der Waals surface area contributed by atoms with Crippen LogP contribution in [0.25, 0.3) is 0 Å². The first kappa shape index (κ1) is 80.9. The Balaban J connectivity index is 1.99. The highest BCUT2D eigenvalue weighted by molar-refractivity contribution is 8.13. The Morgan fingerprint density at radius 1 is 0.539 bits per heavy atom. The topological polar surface area (TPSA) is 461 Å². The Labute approximate surface area is 527 Å². The van der Waals surface area contributed by atoms with Crippen LogP contribution in [0.1, 0.15) is 174 Å². The lowest BCUT2D eigenvalue weighted by atomic mass is 10.0. The van der Waals surface area contributed by atoms with Gasteiger partial charge in [-0.3, -0.25) is 47.4 Å². The SMILES string of the molecule is CCCC(=O)NCCCC[C@H](NC(=O)[C@H](CCCCNC(=O)CCCCO[C@H]1C[C@@H](O)[C@@H](O)[C@@H](CO)O1)NC(=O)CCCCCNC(=O)SCCCCCOP(=O)(O)OC)C(=O)N[C@@H](CCCCNC(=O)CCCCO[C@H]1C[C@@H](O)[C@@H](O)[C@@H](CO)O1)C(N)=O. The number of unbranched alkanes of at least 4 members (excludes halogenated alkanes) is 9. The van der Waals surface area contributed by atoms with Gasteiger partial charge in [0.15, 0.2) is 12.6 Å². The number of thioether (sulfide) groups is 1. The second kappa shape index (κ2) is 48.6. The molecule has 2 aliphatic heterocycles. The van der Waals surface area contributed by atoms with Crippen molar-refractivity contribution in [2.75, 3.05) is 72.1 Å². The van der Waals surface area contributed by atoms with Gasteiger partial charge in [-0.05, 0) is 116 Å². The van der Waals surface area contributed by atoms with Crippen molar-refractivity contribution in [1.29, 1.82) is 0 Å². The number of rotatable bonds is 51. The molecule has 1 unspecified atom stereocenters. The minimum Gasteiger partial charge on any atom is -0.394 e. The highest BCUT2D eigenvalue weighted by atomic mass is 32.2. The molecule has 0 saturated carbocycles. The summed E-state index contributed by atoms with van der Waals surface area (Å²) >= 11 is 1.12. The second-order valence-corrected chi connectivity index (χ2v) is 24.8. The van der Waals surface area contributed by atoms with E-state index in [1.807, 2.05) is 6.92 Å². The van der Waals surface area contributed by atoms with Gasteiger partial charge in [0.25, 0.3) is 5.24 Å². The molecule has 2 fully saturated rings. The normalized spacial score (nSPS) is 21.7. The minimum atomic E-state index is -4.02. The molecule has 0 spiro atoms. The molecule has 2 aliphatic rings. The maximum absolute atomic E-state index is 14.2. The average Bonchev–Trinajstić information content (AvgIpc) is 3.71. The molecule has 0 radical (unpaired) electrons. The minimum absolute atomic E-state index is 0.0327. The van der Waals surface area contributed by atoms with Crippen LogP contribution in [0.5, 0.6) is 0 Å². The van der Waals surface area contributed by atoms with Crippen LogP contribution >= 0.6 is 19.6 Å². The van der Waals surface area contributed by atoms with Gasteiger partial charge in [0.05, 0.1) is 32.0 Å². The molecule has 89 heavy (non-hydrogen) atoms. The summed E-state index contributed by atoms with van der Waals surface area (Å²) in [7, 11) is -2.94. The van der Waals surface area contributed by atoms with Gasteiger partial charge in [-0.1, -0.05) is 31.5 Å². The summed E-state index contributed by atoms with van der Waals surface area (Å²) in [4.78, 5) is 113. The van der Waals surface area contributed by atoms with Gasteiger partial charge in [0, 0.05) is 90.8 Å². The number of amides is 8. The number of nitrogens with two attached hydrogens (primary N) is 1. The number of aliphatic hydroxyl groups excluding tert-OH is 6. The summed E-state index contributed by atoms with van der Waals surface area (Å²) in [5.41, 5.74) is 5.76. The van der Waals surface area contributed by atoms with E-state index in [4.69, 9.17) is 29.2 Å². The lowest BCUT2D eigenvalue weighted by Crippen LogP contribution is -2.56. The van der Waals surface area contributed by atoms with Crippen LogP contribution in [0.15, 0.2) is 0 Å². The Bertz CT molecular complexity index is 2100. The summed E-state index contributed by atoms with van der Waals surface area (Å²) in [6.07, 6.45) is 1.52. The summed E-state index contributed by atoms with van der Waals surface area (Å²) in [5.74, 6) is -2.63. The predicted octanol–water partition coefficient (Wildman–Crippen LogP) is 0.555. The zero-order valence-electron chi connectivity index (χ0n) is 52.0. The van der Waals surface area contributed by atoms with Crippen LogP contribution in [0.4, 0.5) is 4.79 Å². The van der Waals surface area contributed by atoms with Crippen LogP contribution < -0.4 is 43.0 Å². The van der Waals surface area contributed by atoms with Crippen molar-refractivity contribution >= 4 is 66.2 Å². The van der Waals surface area contributed by atoms with Crippen LogP contribution in [0.3, 0.4) is 0 Å². The third-order valence-electron chi connectivity index (χ3n) is 14.6. The third-order valence-corrected chi connectivity index (χ3v) is 16.5. The Morgan fingerprint density at radius 3 is 1.44 bits per heavy atom. The summed E-state index contributed by atoms with van der Waals surface area (Å²) < 4.78 is 42.7. The zero-order valence-corrected chi connectivity index (χ0v) is 53.7. The first-order valence-corrected chi connectivity index (χ1v) is 34.0. The molecular weight excluding hydrogens is 1210 g/mol. The fourth-order valence-electron chi connectivity index (χ4n) is 9.39.